The number of rotatable bonds is 7. The Bertz CT molecular complexity index is 1030. The maximum Gasteiger partial charge on any atom is 0.264 e. The minimum Gasteiger partial charge on any atom is -0.386 e. The van der Waals surface area contributed by atoms with Crippen molar-refractivity contribution in [2.45, 2.75) is 63.5 Å². The number of anilines is 2. The second-order valence-electron chi connectivity index (χ2n) is 8.64. The SMILES string of the molecule is CC(C)(c1ccc(Nc2nn(C3CCCCC3C#N)cc2C(N)=O)cc1F)C(O)C(F)F. The van der Waals surface area contributed by atoms with Crippen LogP contribution in [0.5, 0.6) is 0 Å². The van der Waals surface area contributed by atoms with E-state index >= 15 is 0 Å². The number of alkyl halides is 2. The number of hydrogen-bond donors (Lipinski definition) is 3. The first-order valence-electron chi connectivity index (χ1n) is 10.4. The van der Waals surface area contributed by atoms with Gasteiger partial charge in [0.25, 0.3) is 12.3 Å². The molecule has 1 aromatic heterocycles. The highest BCUT2D eigenvalue weighted by molar-refractivity contribution is 5.98. The quantitative estimate of drug-likeness (QED) is 0.590. The molecule has 3 atom stereocenters. The Labute approximate surface area is 184 Å². The third-order valence-corrected chi connectivity index (χ3v) is 6.14. The second-order valence-corrected chi connectivity index (χ2v) is 8.64. The summed E-state index contributed by atoms with van der Waals surface area (Å²) in [5.74, 6) is -1.66. The molecule has 1 heterocycles. The van der Waals surface area contributed by atoms with Gasteiger partial charge in [0.05, 0.1) is 18.0 Å². The van der Waals surface area contributed by atoms with Crippen LogP contribution in [0.1, 0.15) is 61.5 Å². The van der Waals surface area contributed by atoms with E-state index in [2.05, 4.69) is 16.5 Å². The number of nitrogens with one attached hydrogen (secondary N) is 1. The smallest absolute Gasteiger partial charge is 0.264 e. The molecule has 0 spiro atoms. The molecule has 1 aromatic carbocycles. The van der Waals surface area contributed by atoms with Gasteiger partial charge >= 0.3 is 0 Å². The first-order chi connectivity index (χ1) is 15.1. The van der Waals surface area contributed by atoms with Crippen molar-refractivity contribution >= 4 is 17.4 Å². The Morgan fingerprint density at radius 2 is 2.06 bits per heavy atom. The van der Waals surface area contributed by atoms with Gasteiger partial charge in [-0.3, -0.25) is 9.48 Å². The summed E-state index contributed by atoms with van der Waals surface area (Å²) >= 11 is 0. The Hall–Kier alpha value is -3.06. The Balaban J connectivity index is 1.90. The summed E-state index contributed by atoms with van der Waals surface area (Å²) in [4.78, 5) is 11.9. The van der Waals surface area contributed by atoms with Gasteiger partial charge in [-0.25, -0.2) is 13.2 Å². The van der Waals surface area contributed by atoms with Crippen molar-refractivity contribution in [1.82, 2.24) is 9.78 Å². The van der Waals surface area contributed by atoms with Crippen LogP contribution in [-0.2, 0) is 5.41 Å². The number of aliphatic hydroxyl groups excluding tert-OH is 1. The highest BCUT2D eigenvalue weighted by atomic mass is 19.3. The molecule has 7 nitrogen and oxygen atoms in total. The molecule has 1 fully saturated rings. The largest absolute Gasteiger partial charge is 0.386 e. The number of amides is 1. The van der Waals surface area contributed by atoms with Crippen LogP contribution < -0.4 is 11.1 Å². The minimum absolute atomic E-state index is 0.0735. The van der Waals surface area contributed by atoms with Gasteiger partial charge in [-0.15, -0.1) is 0 Å². The van der Waals surface area contributed by atoms with Crippen LogP contribution >= 0.6 is 0 Å². The van der Waals surface area contributed by atoms with Gasteiger partial charge in [0, 0.05) is 17.3 Å². The number of nitriles is 1. The third kappa shape index (κ3) is 4.58. The van der Waals surface area contributed by atoms with E-state index in [1.807, 2.05) is 0 Å². The fraction of sp³-hybridized carbons (Fsp3) is 0.500. The molecule has 3 rings (SSSR count). The maximum atomic E-state index is 14.8. The van der Waals surface area contributed by atoms with Crippen molar-refractivity contribution in [3.8, 4) is 6.07 Å². The van der Waals surface area contributed by atoms with Crippen LogP contribution in [0.2, 0.25) is 0 Å². The molecular weight excluding hydrogens is 423 g/mol. The fourth-order valence-corrected chi connectivity index (χ4v) is 4.14. The van der Waals surface area contributed by atoms with E-state index in [4.69, 9.17) is 5.73 Å². The molecule has 10 heteroatoms. The molecule has 32 heavy (non-hydrogen) atoms. The summed E-state index contributed by atoms with van der Waals surface area (Å²) < 4.78 is 42.3. The minimum atomic E-state index is -3.03. The normalized spacial score (nSPS) is 20.1. The molecular formula is C22H26F3N5O2. The van der Waals surface area contributed by atoms with E-state index in [-0.39, 0.29) is 34.6 Å². The van der Waals surface area contributed by atoms with Crippen molar-refractivity contribution < 1.29 is 23.1 Å². The maximum absolute atomic E-state index is 14.8. The van der Waals surface area contributed by atoms with Crippen LogP contribution in [0.25, 0.3) is 0 Å². The Morgan fingerprint density at radius 1 is 1.38 bits per heavy atom. The van der Waals surface area contributed by atoms with E-state index in [1.54, 1.807) is 4.68 Å². The van der Waals surface area contributed by atoms with Crippen molar-refractivity contribution in [3.63, 3.8) is 0 Å². The summed E-state index contributed by atoms with van der Waals surface area (Å²) in [5, 5.41) is 26.5. The molecule has 0 aliphatic heterocycles. The summed E-state index contributed by atoms with van der Waals surface area (Å²) in [6.07, 6.45) is -0.225. The van der Waals surface area contributed by atoms with E-state index in [9.17, 15) is 28.3 Å². The number of aromatic nitrogens is 2. The molecule has 1 saturated carbocycles. The van der Waals surface area contributed by atoms with E-state index in [1.165, 1.54) is 32.2 Å². The summed E-state index contributed by atoms with van der Waals surface area (Å²) in [7, 11) is 0. The number of nitrogens with two attached hydrogens (primary N) is 1. The highest BCUT2D eigenvalue weighted by Crippen LogP contribution is 2.36. The Kier molecular flexibility index (Phi) is 6.79. The fourth-order valence-electron chi connectivity index (χ4n) is 4.14. The van der Waals surface area contributed by atoms with Crippen molar-refractivity contribution in [3.05, 3.63) is 41.3 Å². The molecule has 0 bridgehead atoms. The zero-order valence-corrected chi connectivity index (χ0v) is 17.9. The average molecular weight is 449 g/mol. The number of hydrogen-bond acceptors (Lipinski definition) is 5. The molecule has 1 amide bonds. The van der Waals surface area contributed by atoms with E-state index < -0.39 is 29.7 Å². The van der Waals surface area contributed by atoms with Gasteiger partial charge in [-0.1, -0.05) is 32.8 Å². The first kappa shape index (κ1) is 23.6. The zero-order chi connectivity index (χ0) is 23.6. The van der Waals surface area contributed by atoms with Gasteiger partial charge < -0.3 is 16.2 Å². The van der Waals surface area contributed by atoms with Gasteiger partial charge in [0.1, 0.15) is 17.5 Å². The number of carbonyl (C=O) groups excluding carboxylic acids is 1. The third-order valence-electron chi connectivity index (χ3n) is 6.14. The van der Waals surface area contributed by atoms with Gasteiger partial charge in [-0.2, -0.15) is 10.4 Å². The highest BCUT2D eigenvalue weighted by Gasteiger charge is 2.38. The molecule has 4 N–H and O–H groups in total. The molecule has 0 radical (unpaired) electrons. The molecule has 1 aliphatic rings. The standard InChI is InChI=1S/C22H26F3N5O2/c1-22(2,18(31)19(24)25)15-8-7-13(9-16(15)23)28-21-14(20(27)32)11-30(29-21)17-6-4-3-5-12(17)10-26/h7-9,11-12,17-19,31H,3-6H2,1-2H3,(H2,27,32)(H,28,29). The molecule has 3 unspecified atom stereocenters. The van der Waals surface area contributed by atoms with Crippen molar-refractivity contribution in [2.24, 2.45) is 11.7 Å². The van der Waals surface area contributed by atoms with E-state index in [0.29, 0.717) is 0 Å². The van der Waals surface area contributed by atoms with Gasteiger partial charge in [0.15, 0.2) is 5.82 Å². The number of nitrogens with zero attached hydrogens (tertiary/aromatic N) is 3. The second kappa shape index (κ2) is 9.20. The average Bonchev–Trinajstić information content (AvgIpc) is 3.16. The summed E-state index contributed by atoms with van der Waals surface area (Å²) in [6.45, 7) is 2.66. The molecule has 2 aromatic rings. The van der Waals surface area contributed by atoms with E-state index in [0.717, 1.165) is 31.7 Å². The lowest BCUT2D eigenvalue weighted by Gasteiger charge is -2.31. The number of benzene rings is 1. The topological polar surface area (TPSA) is 117 Å². The van der Waals surface area contributed by atoms with Crippen LogP contribution in [0.3, 0.4) is 0 Å². The predicted molar refractivity (Wildman–Crippen MR) is 112 cm³/mol. The Morgan fingerprint density at radius 3 is 2.66 bits per heavy atom. The van der Waals surface area contributed by atoms with Crippen molar-refractivity contribution in [2.75, 3.05) is 5.32 Å². The summed E-state index contributed by atoms with van der Waals surface area (Å²) in [5.41, 5.74) is 4.20. The molecule has 172 valence electrons. The van der Waals surface area contributed by atoms with Crippen LogP contribution in [0.15, 0.2) is 24.4 Å². The zero-order valence-electron chi connectivity index (χ0n) is 17.9. The number of carbonyl (C=O) groups is 1. The van der Waals surface area contributed by atoms with Crippen molar-refractivity contribution in [1.29, 1.82) is 5.26 Å². The summed E-state index contributed by atoms with van der Waals surface area (Å²) in [6, 6.07) is 5.92. The monoisotopic (exact) mass is 449 g/mol. The lowest BCUT2D eigenvalue weighted by Crippen LogP contribution is -2.39. The molecule has 0 saturated heterocycles. The predicted octanol–water partition coefficient (Wildman–Crippen LogP) is 4.02. The lowest BCUT2D eigenvalue weighted by atomic mass is 9.79. The van der Waals surface area contributed by atoms with Gasteiger partial charge in [-0.05, 0) is 30.5 Å². The lowest BCUT2D eigenvalue weighted by molar-refractivity contribution is -0.0438. The number of halogens is 3. The van der Waals surface area contributed by atoms with Crippen LogP contribution in [0, 0.1) is 23.1 Å². The van der Waals surface area contributed by atoms with Crippen LogP contribution in [-0.4, -0.2) is 33.3 Å². The number of aliphatic hydroxyl groups is 1. The number of primary amides is 1. The molecule has 1 aliphatic carbocycles. The van der Waals surface area contributed by atoms with Gasteiger partial charge in [0.2, 0.25) is 0 Å². The first-order valence-corrected chi connectivity index (χ1v) is 10.4. The van der Waals surface area contributed by atoms with Crippen LogP contribution in [0.4, 0.5) is 24.7 Å².